The number of hydrogen-bond acceptors (Lipinski definition) is 8. The average Bonchev–Trinajstić information content (AvgIpc) is 3.60. The van der Waals surface area contributed by atoms with Gasteiger partial charge >= 0.3 is 0 Å². The number of rotatable bonds is 7. The molecule has 1 saturated heterocycles. The van der Waals surface area contributed by atoms with E-state index in [2.05, 4.69) is 15.7 Å². The number of amides is 2. The van der Waals surface area contributed by atoms with Crippen molar-refractivity contribution in [2.24, 2.45) is 0 Å². The van der Waals surface area contributed by atoms with Gasteiger partial charge < -0.3 is 20.4 Å². The molecular formula is C23H29N5O4S. The molecule has 0 bridgehead atoms. The Morgan fingerprint density at radius 2 is 2.00 bits per heavy atom. The highest BCUT2D eigenvalue weighted by molar-refractivity contribution is 7.09. The molecule has 1 aromatic carbocycles. The fourth-order valence-corrected chi connectivity index (χ4v) is 5.15. The maximum atomic E-state index is 13.0. The second kappa shape index (κ2) is 9.60. The number of nitrogens with one attached hydrogen (secondary N) is 2. The molecule has 3 heterocycles. The number of aromatic nitrogens is 1. The Kier molecular flexibility index (Phi) is 6.80. The van der Waals surface area contributed by atoms with Gasteiger partial charge in [0.15, 0.2) is 12.2 Å². The predicted molar refractivity (Wildman–Crippen MR) is 125 cm³/mol. The van der Waals surface area contributed by atoms with Gasteiger partial charge in [0.05, 0.1) is 17.3 Å². The van der Waals surface area contributed by atoms with Crippen molar-refractivity contribution in [3.05, 3.63) is 58.7 Å². The van der Waals surface area contributed by atoms with Crippen LogP contribution >= 0.6 is 11.3 Å². The van der Waals surface area contributed by atoms with E-state index in [1.54, 1.807) is 13.1 Å². The minimum atomic E-state index is -1.88. The number of aliphatic hydroxyl groups excluding tert-OH is 2. The molecule has 9 nitrogen and oxygen atoms in total. The van der Waals surface area contributed by atoms with Crippen LogP contribution in [0, 0.1) is 0 Å². The third-order valence-corrected chi connectivity index (χ3v) is 7.31. The summed E-state index contributed by atoms with van der Waals surface area (Å²) in [5, 5.41) is 28.2. The van der Waals surface area contributed by atoms with E-state index in [9.17, 15) is 19.8 Å². The van der Waals surface area contributed by atoms with E-state index >= 15 is 0 Å². The number of carbonyl (C=O) groups excluding carboxylic acids is 2. The van der Waals surface area contributed by atoms with E-state index < -0.39 is 35.6 Å². The second-order valence-corrected chi connectivity index (χ2v) is 9.43. The number of nitrogens with zero attached hydrogens (tertiary/aromatic N) is 3. The molecule has 4 N–H and O–H groups in total. The summed E-state index contributed by atoms with van der Waals surface area (Å²) >= 11 is 1.44. The molecule has 1 aromatic heterocycles. The molecule has 33 heavy (non-hydrogen) atoms. The summed E-state index contributed by atoms with van der Waals surface area (Å²) < 4.78 is 0. The zero-order valence-corrected chi connectivity index (χ0v) is 19.5. The van der Waals surface area contributed by atoms with Crippen LogP contribution < -0.4 is 15.8 Å². The molecule has 2 amide bonds. The summed E-state index contributed by atoms with van der Waals surface area (Å²) in [6.07, 6.45) is 3.35. The van der Waals surface area contributed by atoms with Crippen molar-refractivity contribution in [2.45, 2.75) is 50.5 Å². The fraction of sp³-hybridized carbons (Fsp3) is 0.435. The zero-order valence-electron chi connectivity index (χ0n) is 18.6. The van der Waals surface area contributed by atoms with Crippen molar-refractivity contribution in [2.75, 3.05) is 18.1 Å². The molecule has 2 aromatic rings. The number of hydrogen-bond donors (Lipinski definition) is 4. The van der Waals surface area contributed by atoms with Crippen LogP contribution in [0.4, 0.5) is 5.69 Å². The Bertz CT molecular complexity index is 1010. The Morgan fingerprint density at radius 1 is 1.24 bits per heavy atom. The van der Waals surface area contributed by atoms with Crippen LogP contribution in [-0.4, -0.2) is 57.2 Å². The fourth-order valence-electron chi connectivity index (χ4n) is 4.31. The van der Waals surface area contributed by atoms with Crippen molar-refractivity contribution < 1.29 is 19.8 Å². The molecule has 10 heteroatoms. The van der Waals surface area contributed by atoms with Crippen molar-refractivity contribution in [1.82, 2.24) is 20.6 Å². The van der Waals surface area contributed by atoms with E-state index in [1.807, 2.05) is 53.9 Å². The molecule has 4 atom stereocenters. The van der Waals surface area contributed by atoms with Crippen LogP contribution in [0.3, 0.4) is 0 Å². The highest BCUT2D eigenvalue weighted by Crippen LogP contribution is 2.39. The van der Waals surface area contributed by atoms with Crippen molar-refractivity contribution in [3.8, 4) is 0 Å². The van der Waals surface area contributed by atoms with Gasteiger partial charge in [-0.25, -0.2) is 10.4 Å². The van der Waals surface area contributed by atoms with Crippen LogP contribution in [0.1, 0.15) is 43.3 Å². The van der Waals surface area contributed by atoms with Crippen LogP contribution in [0.25, 0.3) is 0 Å². The highest BCUT2D eigenvalue weighted by Gasteiger charge is 2.46. The van der Waals surface area contributed by atoms with Gasteiger partial charge in [0.25, 0.3) is 11.8 Å². The van der Waals surface area contributed by atoms with Gasteiger partial charge in [0, 0.05) is 30.9 Å². The Balaban J connectivity index is 1.38. The standard InChI is InChI=1S/C23H29N5O4S/c1-15(16-5-7-17(8-6-16)28-13-4-10-25-28)26-20(31)18(29)19(30)21(32)27-12-3-9-23(27,2)22-24-11-14-33-22/h4-8,11,13-15,18-19,25,29-30H,3,9-10,12H2,1-2H3,(H,26,31)/t15-,18-,19-,23?/m1/s1. The molecule has 1 fully saturated rings. The first-order valence-corrected chi connectivity index (χ1v) is 11.9. The number of hydrazine groups is 1. The maximum absolute atomic E-state index is 13.0. The smallest absolute Gasteiger partial charge is 0.255 e. The predicted octanol–water partition coefficient (Wildman–Crippen LogP) is 1.42. The highest BCUT2D eigenvalue weighted by atomic mass is 32.1. The number of anilines is 1. The molecule has 2 aliphatic heterocycles. The van der Waals surface area contributed by atoms with Crippen LogP contribution in [0.15, 0.2) is 48.1 Å². The molecule has 0 aliphatic carbocycles. The van der Waals surface area contributed by atoms with Gasteiger partial charge in [-0.1, -0.05) is 18.2 Å². The van der Waals surface area contributed by atoms with Crippen LogP contribution in [0.2, 0.25) is 0 Å². The first-order chi connectivity index (χ1) is 15.8. The first-order valence-electron chi connectivity index (χ1n) is 11.0. The Hall–Kier alpha value is -2.79. The van der Waals surface area contributed by atoms with E-state index in [0.717, 1.165) is 29.2 Å². The summed E-state index contributed by atoms with van der Waals surface area (Å²) in [5.41, 5.74) is 4.32. The van der Waals surface area contributed by atoms with Gasteiger partial charge in [0.1, 0.15) is 5.01 Å². The minimum absolute atomic E-state index is 0.419. The normalized spacial score (nSPS) is 22.9. The lowest BCUT2D eigenvalue weighted by Crippen LogP contribution is -2.54. The molecule has 2 aliphatic rings. The third kappa shape index (κ3) is 4.65. The van der Waals surface area contributed by atoms with Crippen molar-refractivity contribution in [3.63, 3.8) is 0 Å². The van der Waals surface area contributed by atoms with E-state index in [0.29, 0.717) is 13.0 Å². The quantitative estimate of drug-likeness (QED) is 0.482. The van der Waals surface area contributed by atoms with E-state index in [1.165, 1.54) is 16.2 Å². The number of carbonyl (C=O) groups is 2. The Labute approximate surface area is 196 Å². The lowest BCUT2D eigenvalue weighted by atomic mass is 9.98. The van der Waals surface area contributed by atoms with Gasteiger partial charge in [-0.3, -0.25) is 14.6 Å². The van der Waals surface area contributed by atoms with Crippen LogP contribution in [0.5, 0.6) is 0 Å². The molecule has 4 rings (SSSR count). The number of thiazole rings is 1. The number of benzene rings is 1. The van der Waals surface area contributed by atoms with E-state index in [4.69, 9.17) is 0 Å². The first kappa shape index (κ1) is 23.4. The molecule has 0 radical (unpaired) electrons. The SMILES string of the molecule is C[C@@H](NC(=O)[C@H](O)[C@@H](O)C(=O)N1CCCC1(C)c1nccs1)c1ccc(N2C=CCN2)cc1. The largest absolute Gasteiger partial charge is 0.380 e. The summed E-state index contributed by atoms with van der Waals surface area (Å²) in [7, 11) is 0. The van der Waals surface area contributed by atoms with Crippen molar-refractivity contribution >= 4 is 28.8 Å². The maximum Gasteiger partial charge on any atom is 0.255 e. The van der Waals surface area contributed by atoms with Crippen molar-refractivity contribution in [1.29, 1.82) is 0 Å². The molecule has 0 saturated carbocycles. The lowest BCUT2D eigenvalue weighted by Gasteiger charge is -2.35. The van der Waals surface area contributed by atoms with Gasteiger partial charge in [-0.05, 0) is 44.4 Å². The minimum Gasteiger partial charge on any atom is -0.380 e. The Morgan fingerprint density at radius 3 is 2.64 bits per heavy atom. The summed E-state index contributed by atoms with van der Waals surface area (Å²) in [6.45, 7) is 4.88. The van der Waals surface area contributed by atoms with Gasteiger partial charge in [-0.2, -0.15) is 0 Å². The summed E-state index contributed by atoms with van der Waals surface area (Å²) in [5.74, 6) is -1.47. The summed E-state index contributed by atoms with van der Waals surface area (Å²) in [4.78, 5) is 31.5. The monoisotopic (exact) mass is 471 g/mol. The third-order valence-electron chi connectivity index (χ3n) is 6.28. The molecular weight excluding hydrogens is 442 g/mol. The average molecular weight is 472 g/mol. The van der Waals surface area contributed by atoms with Gasteiger partial charge in [0.2, 0.25) is 0 Å². The molecule has 1 unspecified atom stereocenters. The number of likely N-dealkylation sites (tertiary alicyclic amines) is 1. The summed E-state index contributed by atoms with van der Waals surface area (Å²) in [6, 6.07) is 7.18. The second-order valence-electron chi connectivity index (χ2n) is 8.53. The van der Waals surface area contributed by atoms with Crippen LogP contribution in [-0.2, 0) is 15.1 Å². The van der Waals surface area contributed by atoms with E-state index in [-0.39, 0.29) is 0 Å². The zero-order chi connectivity index (χ0) is 23.6. The topological polar surface area (TPSA) is 118 Å². The lowest BCUT2D eigenvalue weighted by molar-refractivity contribution is -0.156. The molecule has 0 spiro atoms. The molecule has 176 valence electrons. The van der Waals surface area contributed by atoms with Gasteiger partial charge in [-0.15, -0.1) is 11.3 Å². The number of aliphatic hydroxyl groups is 2.